The van der Waals surface area contributed by atoms with Gasteiger partial charge in [-0.3, -0.25) is 4.84 Å². The van der Waals surface area contributed by atoms with Crippen LogP contribution in [0, 0.1) is 10.1 Å². The molecule has 0 fully saturated rings. The minimum atomic E-state index is -3.52. The molecule has 1 unspecified atom stereocenters. The van der Waals surface area contributed by atoms with Crippen molar-refractivity contribution >= 4 is 11.6 Å². The van der Waals surface area contributed by atoms with Gasteiger partial charge in [-0.15, -0.1) is 10.1 Å². The van der Waals surface area contributed by atoms with Gasteiger partial charge in [0.2, 0.25) is 0 Å². The number of aromatic nitrogens is 2. The smallest absolute Gasteiger partial charge is 0.299 e. The zero-order chi connectivity index (χ0) is 20.3. The zero-order valence-electron chi connectivity index (χ0n) is 14.5. The van der Waals surface area contributed by atoms with Crippen LogP contribution in [0.15, 0.2) is 61.2 Å². The van der Waals surface area contributed by atoms with Crippen LogP contribution in [0.3, 0.4) is 0 Å². The SMILES string of the molecule is CC(F)(F)c1c(O[N+](=O)[O-])ccc(-n2ccnc2)c1OC(Cl)c1ccccc1. The molecule has 146 valence electrons. The lowest BCUT2D eigenvalue weighted by Gasteiger charge is -2.24. The first-order valence-corrected chi connectivity index (χ1v) is 8.42. The van der Waals surface area contributed by atoms with Crippen molar-refractivity contribution in [3.63, 3.8) is 0 Å². The number of hydrogen-bond donors (Lipinski definition) is 0. The number of nitrogens with zero attached hydrogens (tertiary/aromatic N) is 3. The Balaban J connectivity index is 2.18. The Hall–Kier alpha value is -3.20. The largest absolute Gasteiger partial charge is 0.467 e. The number of alkyl halides is 3. The van der Waals surface area contributed by atoms with Crippen molar-refractivity contribution in [1.82, 2.24) is 9.55 Å². The monoisotopic (exact) mass is 409 g/mol. The second-order valence-electron chi connectivity index (χ2n) is 5.80. The molecule has 0 bridgehead atoms. The van der Waals surface area contributed by atoms with Gasteiger partial charge in [0.15, 0.2) is 11.3 Å². The maximum atomic E-state index is 14.4. The molecule has 0 spiro atoms. The van der Waals surface area contributed by atoms with Crippen LogP contribution >= 0.6 is 11.6 Å². The molecule has 2 aromatic carbocycles. The molecule has 1 atom stereocenters. The summed E-state index contributed by atoms with van der Waals surface area (Å²) in [5, 5.41) is 9.61. The van der Waals surface area contributed by atoms with E-state index in [-0.39, 0.29) is 11.4 Å². The summed E-state index contributed by atoms with van der Waals surface area (Å²) in [5.74, 6) is -4.52. The normalized spacial score (nSPS) is 12.4. The average molecular weight is 410 g/mol. The topological polar surface area (TPSA) is 79.4 Å². The first kappa shape index (κ1) is 19.6. The summed E-state index contributed by atoms with van der Waals surface area (Å²) >= 11 is 6.29. The van der Waals surface area contributed by atoms with Crippen molar-refractivity contribution in [2.75, 3.05) is 0 Å². The highest BCUT2D eigenvalue weighted by Gasteiger charge is 2.36. The average Bonchev–Trinajstić information content (AvgIpc) is 3.15. The first-order chi connectivity index (χ1) is 13.3. The number of benzene rings is 2. The van der Waals surface area contributed by atoms with Gasteiger partial charge in [-0.1, -0.05) is 41.9 Å². The Morgan fingerprint density at radius 2 is 1.96 bits per heavy atom. The van der Waals surface area contributed by atoms with Gasteiger partial charge >= 0.3 is 0 Å². The number of rotatable bonds is 7. The molecular weight excluding hydrogens is 396 g/mol. The third-order valence-electron chi connectivity index (χ3n) is 3.78. The molecule has 1 heterocycles. The molecule has 3 aromatic rings. The van der Waals surface area contributed by atoms with E-state index in [9.17, 15) is 18.9 Å². The lowest BCUT2D eigenvalue weighted by molar-refractivity contribution is -0.711. The van der Waals surface area contributed by atoms with E-state index in [2.05, 4.69) is 9.82 Å². The summed E-state index contributed by atoms with van der Waals surface area (Å²) in [5.41, 5.74) is -1.23. The van der Waals surface area contributed by atoms with Gasteiger partial charge in [0.05, 0.1) is 17.6 Å². The minimum Gasteiger partial charge on any atom is -0.467 e. The quantitative estimate of drug-likeness (QED) is 0.316. The van der Waals surface area contributed by atoms with E-state index in [0.717, 1.165) is 6.07 Å². The molecule has 0 radical (unpaired) electrons. The van der Waals surface area contributed by atoms with E-state index in [1.807, 2.05) is 0 Å². The van der Waals surface area contributed by atoms with Crippen molar-refractivity contribution in [2.45, 2.75) is 18.4 Å². The van der Waals surface area contributed by atoms with E-state index < -0.39 is 27.9 Å². The maximum Gasteiger partial charge on any atom is 0.299 e. The van der Waals surface area contributed by atoms with E-state index in [1.165, 1.54) is 29.4 Å². The summed E-state index contributed by atoms with van der Waals surface area (Å²) < 4.78 is 36.0. The molecule has 1 aromatic heterocycles. The predicted molar refractivity (Wildman–Crippen MR) is 96.4 cm³/mol. The van der Waals surface area contributed by atoms with E-state index >= 15 is 0 Å². The van der Waals surface area contributed by atoms with E-state index in [1.54, 1.807) is 30.3 Å². The molecule has 0 saturated heterocycles. The fourth-order valence-electron chi connectivity index (χ4n) is 2.63. The summed E-state index contributed by atoms with van der Waals surface area (Å²) in [6.45, 7) is 0.589. The van der Waals surface area contributed by atoms with E-state index in [0.29, 0.717) is 12.5 Å². The predicted octanol–water partition coefficient (Wildman–Crippen LogP) is 4.87. The second-order valence-corrected chi connectivity index (χ2v) is 6.20. The van der Waals surface area contributed by atoms with Crippen LogP contribution in [-0.4, -0.2) is 14.6 Å². The molecule has 0 N–H and O–H groups in total. The standard InChI is InChI=1S/C18H14ClF2N3O4/c1-18(20,21)15-14(28-24(25)26)8-7-13(23-10-9-22-11-23)16(15)27-17(19)12-5-3-2-4-6-12/h2-11,17H,1H3. The lowest BCUT2D eigenvalue weighted by Crippen LogP contribution is -2.17. The van der Waals surface area contributed by atoms with Gasteiger partial charge in [-0.2, -0.15) is 0 Å². The van der Waals surface area contributed by atoms with Crippen LogP contribution in [0.25, 0.3) is 5.69 Å². The van der Waals surface area contributed by atoms with Gasteiger partial charge in [-0.25, -0.2) is 13.8 Å². The van der Waals surface area contributed by atoms with Gasteiger partial charge in [0, 0.05) is 24.9 Å². The Morgan fingerprint density at radius 1 is 1.25 bits per heavy atom. The fraction of sp³-hybridized carbons (Fsp3) is 0.167. The number of hydrogen-bond acceptors (Lipinski definition) is 5. The molecule has 0 aliphatic carbocycles. The molecule has 7 nitrogen and oxygen atoms in total. The number of halogens is 3. The summed E-state index contributed by atoms with van der Waals surface area (Å²) in [6.07, 6.45) is 4.34. The molecular formula is C18H14ClF2N3O4. The summed E-state index contributed by atoms with van der Waals surface area (Å²) in [4.78, 5) is 19.0. The zero-order valence-corrected chi connectivity index (χ0v) is 15.2. The third-order valence-corrected chi connectivity index (χ3v) is 4.12. The molecule has 10 heteroatoms. The van der Waals surface area contributed by atoms with Crippen molar-refractivity contribution in [3.8, 4) is 17.2 Å². The van der Waals surface area contributed by atoms with Gasteiger partial charge in [-0.05, 0) is 12.1 Å². The van der Waals surface area contributed by atoms with Crippen LogP contribution in [0.1, 0.15) is 23.6 Å². The van der Waals surface area contributed by atoms with Crippen LogP contribution in [0.5, 0.6) is 11.5 Å². The maximum absolute atomic E-state index is 14.4. The molecule has 0 aliphatic heterocycles. The van der Waals surface area contributed by atoms with E-state index in [4.69, 9.17) is 16.3 Å². The van der Waals surface area contributed by atoms with Crippen molar-refractivity contribution < 1.29 is 23.4 Å². The first-order valence-electron chi connectivity index (χ1n) is 7.99. The van der Waals surface area contributed by atoms with Crippen molar-refractivity contribution in [3.05, 3.63) is 82.4 Å². The van der Waals surface area contributed by atoms with Crippen molar-refractivity contribution in [1.29, 1.82) is 0 Å². The van der Waals surface area contributed by atoms with Crippen LogP contribution in [-0.2, 0) is 5.92 Å². The Morgan fingerprint density at radius 3 is 2.54 bits per heavy atom. The Kier molecular flexibility index (Phi) is 5.46. The molecule has 3 rings (SSSR count). The second kappa shape index (κ2) is 7.81. The third kappa shape index (κ3) is 4.20. The number of imidazole rings is 1. The lowest BCUT2D eigenvalue weighted by atomic mass is 10.1. The number of ether oxygens (including phenoxy) is 1. The molecule has 0 amide bonds. The Labute approximate surface area is 163 Å². The van der Waals surface area contributed by atoms with Crippen LogP contribution < -0.4 is 9.57 Å². The van der Waals surface area contributed by atoms with Crippen LogP contribution in [0.2, 0.25) is 0 Å². The van der Waals surface area contributed by atoms with Crippen molar-refractivity contribution in [2.24, 2.45) is 0 Å². The fourth-order valence-corrected chi connectivity index (χ4v) is 2.86. The molecule has 0 aliphatic rings. The highest BCUT2D eigenvalue weighted by molar-refractivity contribution is 6.20. The highest BCUT2D eigenvalue weighted by atomic mass is 35.5. The minimum absolute atomic E-state index is 0.173. The van der Waals surface area contributed by atoms with Gasteiger partial charge < -0.3 is 9.30 Å². The van der Waals surface area contributed by atoms with Crippen LogP contribution in [0.4, 0.5) is 8.78 Å². The summed E-state index contributed by atoms with van der Waals surface area (Å²) in [7, 11) is 0. The summed E-state index contributed by atoms with van der Waals surface area (Å²) in [6, 6.07) is 10.9. The molecule has 28 heavy (non-hydrogen) atoms. The van der Waals surface area contributed by atoms with Gasteiger partial charge in [0.1, 0.15) is 5.75 Å². The Bertz CT molecular complexity index is 963. The molecule has 0 saturated carbocycles. The van der Waals surface area contributed by atoms with Gasteiger partial charge in [0.25, 0.3) is 11.0 Å². The highest BCUT2D eigenvalue weighted by Crippen LogP contribution is 2.46.